The molecule has 0 aromatic heterocycles. The van der Waals surface area contributed by atoms with E-state index in [4.69, 9.17) is 5.73 Å². The van der Waals surface area contributed by atoms with Crippen molar-refractivity contribution in [1.29, 1.82) is 0 Å². The number of hydrazine groups is 1. The van der Waals surface area contributed by atoms with Gasteiger partial charge < -0.3 is 11.1 Å². The highest BCUT2D eigenvalue weighted by Gasteiger charge is 2.13. The van der Waals surface area contributed by atoms with Crippen LogP contribution in [0.5, 0.6) is 0 Å². The van der Waals surface area contributed by atoms with Crippen LogP contribution in [0, 0.1) is 5.92 Å². The fourth-order valence-corrected chi connectivity index (χ4v) is 1.71. The summed E-state index contributed by atoms with van der Waals surface area (Å²) in [4.78, 5) is 4.30. The van der Waals surface area contributed by atoms with Crippen molar-refractivity contribution in [3.05, 3.63) is 35.9 Å². The van der Waals surface area contributed by atoms with Crippen molar-refractivity contribution in [3.63, 3.8) is 0 Å². The molecule has 0 atom stereocenters. The average molecular weight is 233 g/mol. The van der Waals surface area contributed by atoms with Crippen LogP contribution in [0.25, 0.3) is 0 Å². The zero-order chi connectivity index (χ0) is 11.9. The van der Waals surface area contributed by atoms with Gasteiger partial charge >= 0.3 is 0 Å². The number of nitrogens with zero attached hydrogens (tertiary/aromatic N) is 1. The first-order valence-corrected chi connectivity index (χ1v) is 5.88. The van der Waals surface area contributed by atoms with Crippen molar-refractivity contribution in [3.8, 4) is 0 Å². The summed E-state index contributed by atoms with van der Waals surface area (Å²) in [5.41, 5.74) is 13.1. The minimum Gasteiger partial charge on any atom is -0.370 e. The van der Waals surface area contributed by atoms with E-state index in [1.165, 1.54) is 5.56 Å². The molecular weight excluding hydrogens is 214 g/mol. The zero-order valence-corrected chi connectivity index (χ0v) is 9.82. The van der Waals surface area contributed by atoms with Gasteiger partial charge in [-0.15, -0.1) is 0 Å². The standard InChI is InChI=1S/C12H19N5/c13-12(15-7-11-8-16-17-9-11)14-6-10-4-2-1-3-5-10/h1-5,11,16-17H,6-9H2,(H3,13,14,15). The van der Waals surface area contributed by atoms with Gasteiger partial charge in [0.05, 0.1) is 6.54 Å². The Kier molecular flexibility index (Phi) is 4.35. The molecule has 5 nitrogen and oxygen atoms in total. The van der Waals surface area contributed by atoms with Gasteiger partial charge in [0.1, 0.15) is 0 Å². The molecular formula is C12H19N5. The number of aliphatic imine (C=N–C) groups is 1. The predicted molar refractivity (Wildman–Crippen MR) is 69.3 cm³/mol. The molecule has 5 N–H and O–H groups in total. The summed E-state index contributed by atoms with van der Waals surface area (Å²) in [6, 6.07) is 10.1. The van der Waals surface area contributed by atoms with E-state index in [1.807, 2.05) is 30.3 Å². The quantitative estimate of drug-likeness (QED) is 0.430. The second-order valence-corrected chi connectivity index (χ2v) is 4.20. The summed E-state index contributed by atoms with van der Waals surface area (Å²) in [5.74, 6) is 1.08. The normalized spacial score (nSPS) is 17.3. The van der Waals surface area contributed by atoms with Gasteiger partial charge in [0.2, 0.25) is 0 Å². The lowest BCUT2D eigenvalue weighted by molar-refractivity contribution is 0.589. The van der Waals surface area contributed by atoms with E-state index in [9.17, 15) is 0 Å². The lowest BCUT2D eigenvalue weighted by atomic mass is 10.2. The number of hydrogen-bond donors (Lipinski definition) is 4. The van der Waals surface area contributed by atoms with Gasteiger partial charge in [0, 0.05) is 25.6 Å². The van der Waals surface area contributed by atoms with Crippen LogP contribution in [0.15, 0.2) is 35.3 Å². The van der Waals surface area contributed by atoms with Crippen LogP contribution in [0.2, 0.25) is 0 Å². The molecule has 0 bridgehead atoms. The van der Waals surface area contributed by atoms with Gasteiger partial charge in [-0.25, -0.2) is 4.99 Å². The maximum Gasteiger partial charge on any atom is 0.188 e. The van der Waals surface area contributed by atoms with E-state index in [2.05, 4.69) is 21.2 Å². The molecule has 0 spiro atoms. The van der Waals surface area contributed by atoms with Crippen molar-refractivity contribution in [2.45, 2.75) is 6.54 Å². The second-order valence-electron chi connectivity index (χ2n) is 4.20. The molecule has 0 unspecified atom stereocenters. The number of nitrogens with two attached hydrogens (primary N) is 1. The smallest absolute Gasteiger partial charge is 0.188 e. The molecule has 0 amide bonds. The maximum absolute atomic E-state index is 5.80. The third kappa shape index (κ3) is 4.05. The lowest BCUT2D eigenvalue weighted by Crippen LogP contribution is -2.36. The van der Waals surface area contributed by atoms with Crippen LogP contribution in [0.4, 0.5) is 0 Å². The Morgan fingerprint density at radius 1 is 1.29 bits per heavy atom. The van der Waals surface area contributed by atoms with E-state index in [0.29, 0.717) is 18.4 Å². The highest BCUT2D eigenvalue weighted by atomic mass is 15.4. The highest BCUT2D eigenvalue weighted by Crippen LogP contribution is 1.99. The number of hydrogen-bond acceptors (Lipinski definition) is 3. The first-order valence-electron chi connectivity index (χ1n) is 5.88. The molecule has 0 saturated carbocycles. The summed E-state index contributed by atoms with van der Waals surface area (Å²) in [7, 11) is 0. The molecule has 1 fully saturated rings. The Morgan fingerprint density at radius 3 is 2.71 bits per heavy atom. The monoisotopic (exact) mass is 233 g/mol. The number of nitrogens with one attached hydrogen (secondary N) is 3. The molecule has 1 aromatic rings. The van der Waals surface area contributed by atoms with Gasteiger partial charge in [0.25, 0.3) is 0 Å². The van der Waals surface area contributed by atoms with E-state index in [1.54, 1.807) is 0 Å². The summed E-state index contributed by atoms with van der Waals surface area (Å²) in [5, 5.41) is 3.14. The van der Waals surface area contributed by atoms with Crippen molar-refractivity contribution in [2.75, 3.05) is 19.6 Å². The molecule has 1 heterocycles. The summed E-state index contributed by atoms with van der Waals surface area (Å²) in [6.07, 6.45) is 0. The maximum atomic E-state index is 5.80. The molecule has 5 heteroatoms. The van der Waals surface area contributed by atoms with Crippen molar-refractivity contribution >= 4 is 5.96 Å². The molecule has 1 aliphatic rings. The van der Waals surface area contributed by atoms with Crippen molar-refractivity contribution in [2.24, 2.45) is 16.6 Å². The zero-order valence-electron chi connectivity index (χ0n) is 9.82. The molecule has 1 aromatic carbocycles. The van der Waals surface area contributed by atoms with Gasteiger partial charge in [-0.05, 0) is 5.56 Å². The second kappa shape index (κ2) is 6.22. The Hall–Kier alpha value is -1.59. The Bertz CT molecular complexity index is 356. The first kappa shape index (κ1) is 11.9. The minimum absolute atomic E-state index is 0.515. The van der Waals surface area contributed by atoms with Crippen LogP contribution >= 0.6 is 0 Å². The van der Waals surface area contributed by atoms with E-state index in [-0.39, 0.29) is 0 Å². The third-order valence-corrected chi connectivity index (χ3v) is 2.75. The highest BCUT2D eigenvalue weighted by molar-refractivity contribution is 5.77. The van der Waals surface area contributed by atoms with Crippen LogP contribution in [0.3, 0.4) is 0 Å². The summed E-state index contributed by atoms with van der Waals surface area (Å²) < 4.78 is 0. The van der Waals surface area contributed by atoms with Crippen LogP contribution < -0.4 is 21.9 Å². The predicted octanol–water partition coefficient (Wildman–Crippen LogP) is -0.185. The molecule has 0 aliphatic carbocycles. The van der Waals surface area contributed by atoms with E-state index >= 15 is 0 Å². The van der Waals surface area contributed by atoms with Crippen LogP contribution in [-0.4, -0.2) is 25.6 Å². The fourth-order valence-electron chi connectivity index (χ4n) is 1.71. The topological polar surface area (TPSA) is 74.5 Å². The molecule has 92 valence electrons. The van der Waals surface area contributed by atoms with E-state index < -0.39 is 0 Å². The first-order chi connectivity index (χ1) is 8.34. The molecule has 1 saturated heterocycles. The Labute approximate surface area is 101 Å². The number of rotatable bonds is 4. The molecule has 1 aliphatic heterocycles. The molecule has 0 radical (unpaired) electrons. The number of benzene rings is 1. The molecule has 2 rings (SSSR count). The average Bonchev–Trinajstić information content (AvgIpc) is 2.88. The minimum atomic E-state index is 0.515. The Morgan fingerprint density at radius 2 is 2.00 bits per heavy atom. The van der Waals surface area contributed by atoms with Crippen molar-refractivity contribution in [1.82, 2.24) is 16.2 Å². The lowest BCUT2D eigenvalue weighted by Gasteiger charge is -2.09. The SMILES string of the molecule is NC(=NCc1ccccc1)NCC1CNNC1. The number of guanidine groups is 1. The van der Waals surface area contributed by atoms with Gasteiger partial charge in [-0.3, -0.25) is 10.9 Å². The Balaban J connectivity index is 1.73. The van der Waals surface area contributed by atoms with Crippen molar-refractivity contribution < 1.29 is 0 Å². The van der Waals surface area contributed by atoms with Gasteiger partial charge in [-0.1, -0.05) is 30.3 Å². The van der Waals surface area contributed by atoms with Gasteiger partial charge in [0.15, 0.2) is 5.96 Å². The summed E-state index contributed by atoms with van der Waals surface area (Å²) >= 11 is 0. The summed E-state index contributed by atoms with van der Waals surface area (Å²) in [6.45, 7) is 3.42. The van der Waals surface area contributed by atoms with Gasteiger partial charge in [-0.2, -0.15) is 0 Å². The fraction of sp³-hybridized carbons (Fsp3) is 0.417. The largest absolute Gasteiger partial charge is 0.370 e. The molecule has 17 heavy (non-hydrogen) atoms. The third-order valence-electron chi connectivity index (χ3n) is 2.75. The van der Waals surface area contributed by atoms with Crippen LogP contribution in [0.1, 0.15) is 5.56 Å². The van der Waals surface area contributed by atoms with E-state index in [0.717, 1.165) is 19.6 Å². The van der Waals surface area contributed by atoms with Crippen LogP contribution in [-0.2, 0) is 6.54 Å².